The lowest BCUT2D eigenvalue weighted by molar-refractivity contribution is 0.478. The first kappa shape index (κ1) is 11.5. The highest BCUT2D eigenvalue weighted by molar-refractivity contribution is 5.28. The van der Waals surface area contributed by atoms with Crippen molar-refractivity contribution in [2.24, 2.45) is 5.92 Å². The summed E-state index contributed by atoms with van der Waals surface area (Å²) in [5.74, 6) is 1.45. The SMILES string of the molecule is CCNC(c1ccc[nH]1)C1CC1c1ccccc1. The lowest BCUT2D eigenvalue weighted by Crippen LogP contribution is -2.23. The number of aromatic amines is 1. The van der Waals surface area contributed by atoms with E-state index in [2.05, 4.69) is 59.7 Å². The molecule has 94 valence electrons. The molecule has 0 bridgehead atoms. The van der Waals surface area contributed by atoms with Crippen molar-refractivity contribution >= 4 is 0 Å². The third-order valence-electron chi connectivity index (χ3n) is 3.88. The maximum Gasteiger partial charge on any atom is 0.0507 e. The second-order valence-corrected chi connectivity index (χ2v) is 5.08. The van der Waals surface area contributed by atoms with Crippen LogP contribution in [0.25, 0.3) is 0 Å². The molecule has 0 radical (unpaired) electrons. The van der Waals surface area contributed by atoms with Crippen molar-refractivity contribution < 1.29 is 0 Å². The van der Waals surface area contributed by atoms with Gasteiger partial charge >= 0.3 is 0 Å². The summed E-state index contributed by atoms with van der Waals surface area (Å²) in [5.41, 5.74) is 2.80. The fourth-order valence-corrected chi connectivity index (χ4v) is 2.92. The van der Waals surface area contributed by atoms with Gasteiger partial charge in [0.25, 0.3) is 0 Å². The van der Waals surface area contributed by atoms with E-state index in [0.29, 0.717) is 6.04 Å². The maximum absolute atomic E-state index is 3.62. The summed E-state index contributed by atoms with van der Waals surface area (Å²) in [6.07, 6.45) is 3.31. The van der Waals surface area contributed by atoms with Crippen molar-refractivity contribution in [3.63, 3.8) is 0 Å². The molecule has 3 rings (SSSR count). The minimum absolute atomic E-state index is 0.468. The molecule has 0 aliphatic heterocycles. The molecule has 1 saturated carbocycles. The Bertz CT molecular complexity index is 475. The zero-order chi connectivity index (χ0) is 12.4. The van der Waals surface area contributed by atoms with E-state index in [4.69, 9.17) is 0 Å². The normalized spacial score (nSPS) is 23.8. The van der Waals surface area contributed by atoms with Gasteiger partial charge in [-0.1, -0.05) is 37.3 Å². The molecule has 1 aliphatic rings. The number of rotatable bonds is 5. The van der Waals surface area contributed by atoms with Crippen LogP contribution < -0.4 is 5.32 Å². The number of hydrogen-bond donors (Lipinski definition) is 2. The van der Waals surface area contributed by atoms with Crippen LogP contribution in [0.5, 0.6) is 0 Å². The second-order valence-electron chi connectivity index (χ2n) is 5.08. The van der Waals surface area contributed by atoms with Gasteiger partial charge in [-0.05, 0) is 42.5 Å². The lowest BCUT2D eigenvalue weighted by atomic mass is 10.0. The maximum atomic E-state index is 3.62. The lowest BCUT2D eigenvalue weighted by Gasteiger charge is -2.17. The molecule has 2 N–H and O–H groups in total. The fraction of sp³-hybridized carbons (Fsp3) is 0.375. The molecule has 0 saturated heterocycles. The van der Waals surface area contributed by atoms with Gasteiger partial charge in [-0.25, -0.2) is 0 Å². The molecule has 1 aliphatic carbocycles. The van der Waals surface area contributed by atoms with Crippen molar-refractivity contribution in [3.05, 3.63) is 59.9 Å². The molecule has 0 amide bonds. The summed E-state index contributed by atoms with van der Waals surface area (Å²) >= 11 is 0. The van der Waals surface area contributed by atoms with Gasteiger partial charge in [-0.3, -0.25) is 0 Å². The molecule has 1 heterocycles. The van der Waals surface area contributed by atoms with Gasteiger partial charge in [0.2, 0.25) is 0 Å². The predicted octanol–water partition coefficient (Wildman–Crippen LogP) is 3.47. The van der Waals surface area contributed by atoms with E-state index in [0.717, 1.165) is 18.4 Å². The molecule has 0 spiro atoms. The first-order valence-corrected chi connectivity index (χ1v) is 6.81. The van der Waals surface area contributed by atoms with Crippen LogP contribution in [-0.4, -0.2) is 11.5 Å². The first-order chi connectivity index (χ1) is 8.90. The summed E-state index contributed by atoms with van der Waals surface area (Å²) < 4.78 is 0. The fourth-order valence-electron chi connectivity index (χ4n) is 2.92. The smallest absolute Gasteiger partial charge is 0.0507 e. The van der Waals surface area contributed by atoms with Crippen molar-refractivity contribution in [3.8, 4) is 0 Å². The minimum atomic E-state index is 0.468. The Labute approximate surface area is 108 Å². The van der Waals surface area contributed by atoms with Gasteiger partial charge in [-0.15, -0.1) is 0 Å². The van der Waals surface area contributed by atoms with Crippen LogP contribution in [0.15, 0.2) is 48.7 Å². The van der Waals surface area contributed by atoms with Gasteiger partial charge in [0.15, 0.2) is 0 Å². The molecule has 3 unspecified atom stereocenters. The van der Waals surface area contributed by atoms with E-state index in [1.165, 1.54) is 17.7 Å². The van der Waals surface area contributed by atoms with Gasteiger partial charge in [0.05, 0.1) is 6.04 Å². The van der Waals surface area contributed by atoms with Gasteiger partial charge in [-0.2, -0.15) is 0 Å². The van der Waals surface area contributed by atoms with Crippen LogP contribution in [0.1, 0.15) is 36.6 Å². The van der Waals surface area contributed by atoms with Crippen molar-refractivity contribution in [1.82, 2.24) is 10.3 Å². The van der Waals surface area contributed by atoms with Crippen LogP contribution in [0, 0.1) is 5.92 Å². The molecular weight excluding hydrogens is 220 g/mol. The standard InChI is InChI=1S/C16H20N2/c1-2-17-16(15-9-6-10-18-15)14-11-13(14)12-7-4-3-5-8-12/h3-10,13-14,16-18H,2,11H2,1H3. The van der Waals surface area contributed by atoms with E-state index >= 15 is 0 Å². The van der Waals surface area contributed by atoms with E-state index in [-0.39, 0.29) is 0 Å². The summed E-state index contributed by atoms with van der Waals surface area (Å²) in [5, 5.41) is 3.62. The Morgan fingerprint density at radius 3 is 2.72 bits per heavy atom. The molecule has 1 fully saturated rings. The predicted molar refractivity (Wildman–Crippen MR) is 74.5 cm³/mol. The van der Waals surface area contributed by atoms with Crippen molar-refractivity contribution in [1.29, 1.82) is 0 Å². The Morgan fingerprint density at radius 1 is 1.22 bits per heavy atom. The zero-order valence-electron chi connectivity index (χ0n) is 10.8. The van der Waals surface area contributed by atoms with Crippen LogP contribution in [0.4, 0.5) is 0 Å². The molecule has 2 nitrogen and oxygen atoms in total. The summed E-state index contributed by atoms with van der Waals surface area (Å²) in [6, 6.07) is 15.6. The topological polar surface area (TPSA) is 27.8 Å². The number of nitrogens with one attached hydrogen (secondary N) is 2. The van der Waals surface area contributed by atoms with E-state index in [9.17, 15) is 0 Å². The first-order valence-electron chi connectivity index (χ1n) is 6.81. The average molecular weight is 240 g/mol. The van der Waals surface area contributed by atoms with Crippen LogP contribution >= 0.6 is 0 Å². The van der Waals surface area contributed by atoms with Gasteiger partial charge in [0, 0.05) is 11.9 Å². The summed E-state index contributed by atoms with van der Waals surface area (Å²) in [4.78, 5) is 3.35. The van der Waals surface area contributed by atoms with Gasteiger partial charge < -0.3 is 10.3 Å². The van der Waals surface area contributed by atoms with Crippen molar-refractivity contribution in [2.75, 3.05) is 6.54 Å². The quantitative estimate of drug-likeness (QED) is 0.823. The largest absolute Gasteiger partial charge is 0.364 e. The molecule has 1 aromatic carbocycles. The number of hydrogen-bond acceptors (Lipinski definition) is 1. The molecular formula is C16H20N2. The molecule has 3 atom stereocenters. The van der Waals surface area contributed by atoms with E-state index in [1.807, 2.05) is 6.20 Å². The Kier molecular flexibility index (Phi) is 3.20. The second kappa shape index (κ2) is 4.99. The number of H-pyrrole nitrogens is 1. The molecule has 18 heavy (non-hydrogen) atoms. The monoisotopic (exact) mass is 240 g/mol. The molecule has 2 heteroatoms. The summed E-state index contributed by atoms with van der Waals surface area (Å²) in [6.45, 7) is 3.19. The summed E-state index contributed by atoms with van der Waals surface area (Å²) in [7, 11) is 0. The van der Waals surface area contributed by atoms with Crippen molar-refractivity contribution in [2.45, 2.75) is 25.3 Å². The van der Waals surface area contributed by atoms with E-state index in [1.54, 1.807) is 0 Å². The number of benzene rings is 1. The highest BCUT2D eigenvalue weighted by atomic mass is 15.0. The average Bonchev–Trinajstić information content (AvgIpc) is 3.02. The van der Waals surface area contributed by atoms with Gasteiger partial charge in [0.1, 0.15) is 0 Å². The minimum Gasteiger partial charge on any atom is -0.364 e. The highest BCUT2D eigenvalue weighted by Crippen LogP contribution is 2.53. The third-order valence-corrected chi connectivity index (χ3v) is 3.88. The van der Waals surface area contributed by atoms with Crippen LogP contribution in [0.3, 0.4) is 0 Å². The zero-order valence-corrected chi connectivity index (χ0v) is 10.8. The Morgan fingerprint density at radius 2 is 2.06 bits per heavy atom. The molecule has 1 aromatic heterocycles. The van der Waals surface area contributed by atoms with E-state index < -0.39 is 0 Å². The highest BCUT2D eigenvalue weighted by Gasteiger charge is 2.44. The molecule has 2 aromatic rings. The van der Waals surface area contributed by atoms with Crippen LogP contribution in [0.2, 0.25) is 0 Å². The number of aromatic nitrogens is 1. The van der Waals surface area contributed by atoms with Crippen LogP contribution in [-0.2, 0) is 0 Å². The Hall–Kier alpha value is -1.54. The Balaban J connectivity index is 1.75. The third kappa shape index (κ3) is 2.21.